The van der Waals surface area contributed by atoms with Crippen LogP contribution in [-0.2, 0) is 22.4 Å². The van der Waals surface area contributed by atoms with E-state index in [9.17, 15) is 25.4 Å². The fourth-order valence-electron chi connectivity index (χ4n) is 1.24. The molecule has 2 aromatic rings. The Balaban J connectivity index is 0.00000144. The Morgan fingerprint density at radius 2 is 1.88 bits per heavy atom. The molecular weight excluding hydrogens is 332 g/mol. The van der Waals surface area contributed by atoms with Crippen molar-refractivity contribution in [1.82, 2.24) is 5.16 Å². The molecule has 0 atom stereocenters. The zero-order valence-corrected chi connectivity index (χ0v) is 9.18. The minimum atomic E-state index is -0.983. The number of hydrogen-bond donors (Lipinski definition) is 0. The van der Waals surface area contributed by atoms with Gasteiger partial charge in [-0.1, -0.05) is 0 Å². The van der Waals surface area contributed by atoms with Crippen molar-refractivity contribution in [3.8, 4) is 0 Å². The van der Waals surface area contributed by atoms with Crippen LogP contribution in [0, 0.1) is 25.4 Å². The second-order valence-electron chi connectivity index (χ2n) is 2.75. The molecule has 1 aromatic heterocycles. The molecule has 17 heavy (non-hydrogen) atoms. The van der Waals surface area contributed by atoms with Crippen LogP contribution < -0.4 is 4.90 Å². The first-order chi connectivity index (χ1) is 7.52. The van der Waals surface area contributed by atoms with Crippen molar-refractivity contribution < 1.29 is 41.8 Å². The molecule has 0 saturated heterocycles. The van der Waals surface area contributed by atoms with Gasteiger partial charge in [-0.3, -0.25) is 24.9 Å². The summed E-state index contributed by atoms with van der Waals surface area (Å²) in [5.74, 6) is 0. The van der Waals surface area contributed by atoms with E-state index < -0.39 is 26.7 Å². The van der Waals surface area contributed by atoms with Gasteiger partial charge < -0.3 is 5.21 Å². The number of hydrogen-bond acceptors (Lipinski definition) is 7. The van der Waals surface area contributed by atoms with Gasteiger partial charge in [-0.2, -0.15) is 0 Å². The third kappa shape index (κ3) is 1.96. The molecule has 1 aromatic carbocycles. The van der Waals surface area contributed by atoms with Crippen LogP contribution in [0.2, 0.25) is 0 Å². The van der Waals surface area contributed by atoms with E-state index in [-0.39, 0.29) is 32.8 Å². The van der Waals surface area contributed by atoms with E-state index in [0.29, 0.717) is 0 Å². The quantitative estimate of drug-likeness (QED) is 0.332. The summed E-state index contributed by atoms with van der Waals surface area (Å²) in [5, 5.41) is 35.2. The molecule has 0 amide bonds. The van der Waals surface area contributed by atoms with Crippen LogP contribution in [0.5, 0.6) is 0 Å². The molecule has 0 radical (unpaired) electrons. The van der Waals surface area contributed by atoms with Crippen molar-refractivity contribution in [3.63, 3.8) is 0 Å². The first kappa shape index (κ1) is 13.0. The maximum atomic E-state index is 10.9. The van der Waals surface area contributed by atoms with Gasteiger partial charge in [0.15, 0.2) is 0 Å². The minimum absolute atomic E-state index is 0. The Hall–Kier alpha value is -2.04. The fraction of sp³-hybridized carbons (Fsp3) is 0. The summed E-state index contributed by atoms with van der Waals surface area (Å²) in [6, 6.07) is 1.88. The summed E-state index contributed by atoms with van der Waals surface area (Å²) in [6.07, 6.45) is 0. The third-order valence-corrected chi connectivity index (χ3v) is 1.89. The molecule has 0 aliphatic carbocycles. The van der Waals surface area contributed by atoms with Crippen LogP contribution in [0.1, 0.15) is 0 Å². The predicted molar refractivity (Wildman–Crippen MR) is 46.3 cm³/mol. The number of benzene rings is 1. The van der Waals surface area contributed by atoms with E-state index in [1.807, 2.05) is 0 Å². The van der Waals surface area contributed by atoms with Crippen LogP contribution >= 0.6 is 0 Å². The number of rotatable bonds is 2. The molecule has 92 valence electrons. The molecule has 0 N–H and O–H groups in total. The number of fused-ring (bicyclic) bond motifs is 1. The molecule has 0 bridgehead atoms. The summed E-state index contributed by atoms with van der Waals surface area (Å²) < 4.78 is 4.12. The van der Waals surface area contributed by atoms with Crippen molar-refractivity contribution in [3.05, 3.63) is 37.6 Å². The average Bonchev–Trinajstić information content (AvgIpc) is 2.58. The molecule has 0 spiro atoms. The Morgan fingerprint density at radius 3 is 2.41 bits per heavy atom. The van der Waals surface area contributed by atoms with Crippen LogP contribution in [0.4, 0.5) is 11.4 Å². The van der Waals surface area contributed by atoms with E-state index >= 15 is 0 Å². The molecule has 0 unspecified atom stereocenters. The van der Waals surface area contributed by atoms with Crippen LogP contribution in [-0.4, -0.2) is 15.0 Å². The van der Waals surface area contributed by atoms with Crippen LogP contribution in [0.15, 0.2) is 16.8 Å². The van der Waals surface area contributed by atoms with Crippen molar-refractivity contribution in [2.45, 2.75) is 0 Å². The van der Waals surface area contributed by atoms with Crippen LogP contribution in [0.25, 0.3) is 11.0 Å². The molecule has 2 rings (SSSR count). The normalized spacial score (nSPS) is 9.88. The van der Waals surface area contributed by atoms with Gasteiger partial charge in [0, 0.05) is 12.1 Å². The molecule has 1 heterocycles. The molecule has 10 nitrogen and oxygen atoms in total. The second kappa shape index (κ2) is 4.45. The Kier molecular flexibility index (Phi) is 3.41. The van der Waals surface area contributed by atoms with E-state index in [4.69, 9.17) is 0 Å². The van der Waals surface area contributed by atoms with Crippen LogP contribution in [0.3, 0.4) is 0 Å². The third-order valence-electron chi connectivity index (χ3n) is 1.89. The topological polar surface area (TPSA) is 139 Å². The van der Waals surface area contributed by atoms with Gasteiger partial charge in [-0.15, -0.1) is 0 Å². The molecule has 11 heteroatoms. The first-order valence-electron chi connectivity index (χ1n) is 3.83. The molecule has 0 aliphatic heterocycles. The minimum Gasteiger partial charge on any atom is -0.359 e. The Bertz CT molecular complexity index is 610. The number of nitrogens with zero attached hydrogens (tertiary/aromatic N) is 4. The predicted octanol–water partition coefficient (Wildman–Crippen LogP) is 0.275. The SMILES string of the molecule is O=[N+]([O-])c1ccc2c(no[n+]2[O-])c1[N+](=O)[O-].[Ag+]. The molecule has 0 fully saturated rings. The summed E-state index contributed by atoms with van der Waals surface area (Å²) in [7, 11) is 0. The maximum Gasteiger partial charge on any atom is 1.00 e. The molecule has 0 saturated carbocycles. The summed E-state index contributed by atoms with van der Waals surface area (Å²) in [5.41, 5.74) is -2.29. The van der Waals surface area contributed by atoms with Gasteiger partial charge in [0.2, 0.25) is 5.52 Å². The van der Waals surface area contributed by atoms with E-state index in [2.05, 4.69) is 9.79 Å². The van der Waals surface area contributed by atoms with Gasteiger partial charge >= 0.3 is 39.3 Å². The van der Waals surface area contributed by atoms with Gasteiger partial charge in [0.05, 0.1) is 15.0 Å². The van der Waals surface area contributed by atoms with Crippen molar-refractivity contribution in [2.24, 2.45) is 0 Å². The van der Waals surface area contributed by atoms with Gasteiger partial charge in [0.1, 0.15) is 0 Å². The summed E-state index contributed by atoms with van der Waals surface area (Å²) in [4.78, 5) is 19.2. The Morgan fingerprint density at radius 1 is 1.24 bits per heavy atom. The summed E-state index contributed by atoms with van der Waals surface area (Å²) >= 11 is 0. The zero-order chi connectivity index (χ0) is 11.9. The molecular formula is C6H2AgN4O6+. The fourth-order valence-corrected chi connectivity index (χ4v) is 1.24. The van der Waals surface area contributed by atoms with Crippen molar-refractivity contribution >= 4 is 22.4 Å². The van der Waals surface area contributed by atoms with Gasteiger partial charge in [-0.25, -0.2) is 0 Å². The molecule has 0 aliphatic rings. The number of aromatic nitrogens is 2. The monoisotopic (exact) mass is 333 g/mol. The summed E-state index contributed by atoms with van der Waals surface area (Å²) in [6.45, 7) is 0. The first-order valence-corrected chi connectivity index (χ1v) is 3.83. The zero-order valence-electron chi connectivity index (χ0n) is 7.69. The smallest absolute Gasteiger partial charge is 0.359 e. The van der Waals surface area contributed by atoms with E-state index in [1.165, 1.54) is 0 Å². The Labute approximate surface area is 107 Å². The largest absolute Gasteiger partial charge is 1.00 e. The van der Waals surface area contributed by atoms with Crippen molar-refractivity contribution in [2.75, 3.05) is 0 Å². The van der Waals surface area contributed by atoms with Gasteiger partial charge in [-0.05, 0) is 4.90 Å². The van der Waals surface area contributed by atoms with E-state index in [0.717, 1.165) is 12.1 Å². The number of nitro benzene ring substituents is 2. The van der Waals surface area contributed by atoms with Gasteiger partial charge in [0.25, 0.3) is 0 Å². The van der Waals surface area contributed by atoms with E-state index in [1.54, 1.807) is 0 Å². The average molecular weight is 334 g/mol. The number of nitro groups is 2. The van der Waals surface area contributed by atoms with Crippen molar-refractivity contribution in [1.29, 1.82) is 0 Å². The maximum absolute atomic E-state index is 10.9. The second-order valence-corrected chi connectivity index (χ2v) is 2.75. The standard InChI is InChI=1S/C6H2N4O6.Ag/c11-8(12)4-2-1-3-5(6(4)9(13)14)7-16-10(3)15;/h1-2H;/q;+1.